The monoisotopic (exact) mass is 695 g/mol. The summed E-state index contributed by atoms with van der Waals surface area (Å²) in [7, 11) is 1.61. The van der Waals surface area contributed by atoms with Crippen molar-refractivity contribution in [2.45, 2.75) is 58.1 Å². The molecule has 2 amide bonds. The number of halogens is 5. The molecule has 1 aliphatic carbocycles. The van der Waals surface area contributed by atoms with Gasteiger partial charge >= 0.3 is 0 Å². The van der Waals surface area contributed by atoms with Gasteiger partial charge in [-0.2, -0.15) is 0 Å². The van der Waals surface area contributed by atoms with Crippen molar-refractivity contribution in [3.63, 3.8) is 0 Å². The van der Waals surface area contributed by atoms with Crippen LogP contribution in [0.5, 0.6) is 5.75 Å². The number of amides is 2. The molecule has 1 fully saturated rings. The summed E-state index contributed by atoms with van der Waals surface area (Å²) in [4.78, 5) is 31.1. The van der Waals surface area contributed by atoms with Gasteiger partial charge in [-0.25, -0.2) is 4.98 Å². The number of anilines is 1. The number of pyridine rings is 1. The average molecular weight is 698 g/mol. The van der Waals surface area contributed by atoms with Gasteiger partial charge in [0, 0.05) is 29.9 Å². The predicted molar refractivity (Wildman–Crippen MR) is 169 cm³/mol. The Morgan fingerprint density at radius 1 is 1.12 bits per heavy atom. The molecule has 220 valence electrons. The van der Waals surface area contributed by atoms with E-state index in [0.29, 0.717) is 38.7 Å². The number of nitrogens with zero attached hydrogens (tertiary/aromatic N) is 3. The Balaban J connectivity index is 0.00000280. The topological polar surface area (TPSA) is 88.0 Å². The third kappa shape index (κ3) is 8.39. The molecule has 40 heavy (non-hydrogen) atoms. The number of likely N-dealkylation sites (N-methyl/N-ethyl adjacent to an activating group) is 1. The Hall–Kier alpha value is -1.75. The van der Waals surface area contributed by atoms with Crippen LogP contribution < -0.4 is 20.3 Å². The van der Waals surface area contributed by atoms with Crippen molar-refractivity contribution >= 4 is 87.1 Å². The lowest BCUT2D eigenvalue weighted by Gasteiger charge is -2.21. The number of carbonyl (C=O) groups excluding carboxylic acids is 2. The molecule has 0 atom stereocenters. The molecule has 13 heteroatoms. The summed E-state index contributed by atoms with van der Waals surface area (Å²) in [5, 5.41) is 6.75. The van der Waals surface area contributed by atoms with Crippen molar-refractivity contribution < 1.29 is 14.3 Å². The number of carbonyl (C=O) groups is 2. The van der Waals surface area contributed by atoms with Crippen molar-refractivity contribution in [2.75, 3.05) is 25.0 Å². The average Bonchev–Trinajstić information content (AvgIpc) is 3.06. The molecule has 0 unspecified atom stereocenters. The molecule has 4 rings (SSSR count). The molecule has 0 saturated heterocycles. The van der Waals surface area contributed by atoms with E-state index in [-0.39, 0.29) is 56.3 Å². The summed E-state index contributed by atoms with van der Waals surface area (Å²) < 4.78 is 8.79. The number of imidazole rings is 1. The second-order valence-corrected chi connectivity index (χ2v) is 11.0. The summed E-state index contributed by atoms with van der Waals surface area (Å²) in [6, 6.07) is 7.40. The minimum absolute atomic E-state index is 0. The molecule has 2 heterocycles. The van der Waals surface area contributed by atoms with E-state index >= 15 is 0 Å². The molecule has 0 radical (unpaired) electrons. The zero-order valence-corrected chi connectivity index (χ0v) is 27.1. The van der Waals surface area contributed by atoms with Gasteiger partial charge in [0.25, 0.3) is 0 Å². The Labute approximate surface area is 265 Å². The van der Waals surface area contributed by atoms with Gasteiger partial charge in [0.2, 0.25) is 11.8 Å². The minimum Gasteiger partial charge on any atom is -0.485 e. The molecular formula is C27H34BrCl4N5O3. The van der Waals surface area contributed by atoms with Crippen LogP contribution in [0.15, 0.2) is 35.1 Å². The molecule has 1 aromatic carbocycles. The number of nitrogens with one attached hydrogen (secondary N) is 2. The van der Waals surface area contributed by atoms with Crippen molar-refractivity contribution in [3.8, 4) is 5.75 Å². The van der Waals surface area contributed by atoms with E-state index in [4.69, 9.17) is 27.9 Å². The first-order valence-corrected chi connectivity index (χ1v) is 14.3. The number of fused-ring (bicyclic) bond motifs is 1. The van der Waals surface area contributed by atoms with E-state index in [9.17, 15) is 9.59 Å². The summed E-state index contributed by atoms with van der Waals surface area (Å²) in [6.07, 6.45) is 8.95. The van der Waals surface area contributed by atoms with Crippen LogP contribution in [0.3, 0.4) is 0 Å². The van der Waals surface area contributed by atoms with Gasteiger partial charge in [-0.1, -0.05) is 48.9 Å². The summed E-state index contributed by atoms with van der Waals surface area (Å²) in [5.41, 5.74) is 2.53. The van der Waals surface area contributed by atoms with Gasteiger partial charge in [-0.15, -0.1) is 24.8 Å². The largest absolute Gasteiger partial charge is 0.485 e. The first-order chi connectivity index (χ1) is 18.3. The highest BCUT2D eigenvalue weighted by molar-refractivity contribution is 9.10. The second kappa shape index (κ2) is 16.0. The van der Waals surface area contributed by atoms with Gasteiger partial charge < -0.3 is 20.3 Å². The molecule has 1 aliphatic rings. The fraction of sp³-hybridized carbons (Fsp3) is 0.444. The maximum atomic E-state index is 12.9. The maximum absolute atomic E-state index is 12.9. The van der Waals surface area contributed by atoms with Gasteiger partial charge in [-0.3, -0.25) is 14.0 Å². The van der Waals surface area contributed by atoms with Crippen LogP contribution in [-0.4, -0.2) is 47.4 Å². The normalized spacial score (nSPS) is 13.6. The Morgan fingerprint density at radius 2 is 1.82 bits per heavy atom. The number of aromatic nitrogens is 2. The Kier molecular flexibility index (Phi) is 13.8. The third-order valence-corrected chi connectivity index (χ3v) is 8.56. The molecule has 2 N–H and O–H groups in total. The first-order valence-electron chi connectivity index (χ1n) is 12.8. The number of hydrogen-bond acceptors (Lipinski definition) is 5. The molecule has 8 nitrogen and oxygen atoms in total. The van der Waals surface area contributed by atoms with E-state index in [0.717, 1.165) is 23.1 Å². The van der Waals surface area contributed by atoms with Crippen LogP contribution in [0, 0.1) is 6.92 Å². The maximum Gasteiger partial charge on any atom is 0.246 e. The SMILES string of the molecule is Cc1nc2c(OCc3c(Cl)ccc(N(C)C(=O)CNC(=O)CNC4CCCCCC4)c3Cl)cccn2c1Br.Cl.Cl. The van der Waals surface area contributed by atoms with Gasteiger partial charge in [-0.05, 0) is 60.0 Å². The third-order valence-electron chi connectivity index (χ3n) is 6.83. The van der Waals surface area contributed by atoms with Crippen molar-refractivity contribution in [1.82, 2.24) is 20.0 Å². The lowest BCUT2D eigenvalue weighted by atomic mass is 10.1. The molecule has 1 saturated carbocycles. The Morgan fingerprint density at radius 3 is 2.52 bits per heavy atom. The lowest BCUT2D eigenvalue weighted by molar-refractivity contribution is -0.124. The van der Waals surface area contributed by atoms with Gasteiger partial charge in [0.05, 0.1) is 29.5 Å². The smallest absolute Gasteiger partial charge is 0.246 e. The molecular weight excluding hydrogens is 664 g/mol. The van der Waals surface area contributed by atoms with E-state index in [1.807, 2.05) is 29.7 Å². The van der Waals surface area contributed by atoms with Crippen LogP contribution in [0.1, 0.15) is 49.8 Å². The van der Waals surface area contributed by atoms with Crippen LogP contribution in [0.25, 0.3) is 5.65 Å². The van der Waals surface area contributed by atoms with E-state index < -0.39 is 0 Å². The van der Waals surface area contributed by atoms with Crippen LogP contribution >= 0.6 is 63.9 Å². The number of hydrogen-bond donors (Lipinski definition) is 2. The summed E-state index contributed by atoms with van der Waals surface area (Å²) in [5.74, 6) is 0.0668. The first kappa shape index (κ1) is 34.5. The zero-order chi connectivity index (χ0) is 27.2. The fourth-order valence-electron chi connectivity index (χ4n) is 4.58. The van der Waals surface area contributed by atoms with Crippen LogP contribution in [0.2, 0.25) is 10.0 Å². The predicted octanol–water partition coefficient (Wildman–Crippen LogP) is 6.53. The highest BCUT2D eigenvalue weighted by atomic mass is 79.9. The molecule has 0 spiro atoms. The summed E-state index contributed by atoms with van der Waals surface area (Å²) >= 11 is 16.7. The number of ether oxygens (including phenoxy) is 1. The number of benzene rings is 1. The van der Waals surface area contributed by atoms with Crippen molar-refractivity contribution in [2.24, 2.45) is 0 Å². The highest BCUT2D eigenvalue weighted by Crippen LogP contribution is 2.35. The molecule has 2 aromatic heterocycles. The lowest BCUT2D eigenvalue weighted by Crippen LogP contribution is -2.43. The quantitative estimate of drug-likeness (QED) is 0.249. The standard InChI is InChI=1S/C27H32BrCl2N5O3.2ClH/c1-17-26(28)35-13-7-10-22(27(35)33-17)38-16-19-20(29)11-12-21(25(19)30)34(2)24(37)15-32-23(36)14-31-18-8-5-3-4-6-9-18;;/h7,10-13,18,31H,3-6,8-9,14-16H2,1-2H3,(H,32,36);2*1H. The number of aryl methyl sites for hydroxylation is 1. The minimum atomic E-state index is -0.300. The fourth-order valence-corrected chi connectivity index (χ4v) is 5.56. The van der Waals surface area contributed by atoms with Crippen molar-refractivity contribution in [3.05, 3.63) is 56.4 Å². The zero-order valence-electron chi connectivity index (χ0n) is 22.3. The van der Waals surface area contributed by atoms with Crippen molar-refractivity contribution in [1.29, 1.82) is 0 Å². The molecule has 0 bridgehead atoms. The van der Waals surface area contributed by atoms with Crippen LogP contribution in [-0.2, 0) is 16.2 Å². The van der Waals surface area contributed by atoms with E-state index in [1.165, 1.54) is 30.6 Å². The molecule has 3 aromatic rings. The Bertz CT molecular complexity index is 1320. The van der Waals surface area contributed by atoms with Crippen LogP contribution in [0.4, 0.5) is 5.69 Å². The second-order valence-electron chi connectivity index (χ2n) is 9.50. The van der Waals surface area contributed by atoms with E-state index in [1.54, 1.807) is 19.2 Å². The number of rotatable bonds is 9. The highest BCUT2D eigenvalue weighted by Gasteiger charge is 2.20. The van der Waals surface area contributed by atoms with Gasteiger partial charge in [0.1, 0.15) is 11.2 Å². The van der Waals surface area contributed by atoms with Gasteiger partial charge in [0.15, 0.2) is 11.4 Å². The summed E-state index contributed by atoms with van der Waals surface area (Å²) in [6.45, 7) is 2.05. The van der Waals surface area contributed by atoms with E-state index in [2.05, 4.69) is 31.5 Å². The molecule has 0 aliphatic heterocycles.